The number of carbonyl (C=O) groups excluding carboxylic acids is 1. The average Bonchev–Trinajstić information content (AvgIpc) is 2.59. The molecular formula is C22H25ClO3Si. The number of benzene rings is 2. The summed E-state index contributed by atoms with van der Waals surface area (Å²) in [5, 5.41) is 0.594. The molecule has 0 aromatic heterocycles. The van der Waals surface area contributed by atoms with Gasteiger partial charge in [-0.3, -0.25) is 4.79 Å². The van der Waals surface area contributed by atoms with Crippen LogP contribution >= 0.6 is 11.6 Å². The highest BCUT2D eigenvalue weighted by molar-refractivity contribution is 6.74. The van der Waals surface area contributed by atoms with Crippen molar-refractivity contribution >= 4 is 25.7 Å². The molecule has 3 nitrogen and oxygen atoms in total. The molecule has 0 aliphatic heterocycles. The number of hydrogen-bond acceptors (Lipinski definition) is 3. The van der Waals surface area contributed by atoms with Crippen LogP contribution < -0.4 is 9.16 Å². The van der Waals surface area contributed by atoms with Crippen LogP contribution in [0, 0.1) is 11.8 Å². The Morgan fingerprint density at radius 1 is 1.07 bits per heavy atom. The van der Waals surface area contributed by atoms with Gasteiger partial charge in [0.05, 0.1) is 7.11 Å². The lowest BCUT2D eigenvalue weighted by Crippen LogP contribution is -2.43. The van der Waals surface area contributed by atoms with Crippen LogP contribution in [-0.4, -0.2) is 21.2 Å². The first-order valence-electron chi connectivity index (χ1n) is 8.72. The van der Waals surface area contributed by atoms with Crippen molar-refractivity contribution in [3.63, 3.8) is 0 Å². The van der Waals surface area contributed by atoms with Gasteiger partial charge in [-0.2, -0.15) is 0 Å². The van der Waals surface area contributed by atoms with E-state index in [0.717, 1.165) is 0 Å². The second-order valence-electron chi connectivity index (χ2n) is 7.82. The fourth-order valence-electron chi connectivity index (χ4n) is 2.09. The maximum Gasteiger partial charge on any atom is 0.250 e. The molecule has 0 amide bonds. The fraction of sp³-hybridized carbons (Fsp3) is 0.318. The molecule has 0 N–H and O–H groups in total. The van der Waals surface area contributed by atoms with Gasteiger partial charge in [0.25, 0.3) is 8.32 Å². The molecular weight excluding hydrogens is 376 g/mol. The quantitative estimate of drug-likeness (QED) is 0.360. The van der Waals surface area contributed by atoms with E-state index in [4.69, 9.17) is 20.8 Å². The van der Waals surface area contributed by atoms with E-state index < -0.39 is 8.32 Å². The van der Waals surface area contributed by atoms with E-state index in [0.29, 0.717) is 27.6 Å². The normalized spacial score (nSPS) is 11.4. The third kappa shape index (κ3) is 5.38. The van der Waals surface area contributed by atoms with Gasteiger partial charge >= 0.3 is 0 Å². The Morgan fingerprint density at radius 2 is 1.78 bits per heavy atom. The summed E-state index contributed by atoms with van der Waals surface area (Å²) in [4.78, 5) is 12.2. The molecule has 2 rings (SSSR count). The van der Waals surface area contributed by atoms with E-state index in [9.17, 15) is 4.79 Å². The molecule has 0 unspecified atom stereocenters. The van der Waals surface area contributed by atoms with E-state index in [-0.39, 0.29) is 10.8 Å². The molecule has 0 aliphatic rings. The van der Waals surface area contributed by atoms with Crippen LogP contribution in [0.5, 0.6) is 11.5 Å². The molecule has 5 heteroatoms. The summed E-state index contributed by atoms with van der Waals surface area (Å²) in [6.07, 6.45) is 0. The van der Waals surface area contributed by atoms with Crippen molar-refractivity contribution < 1.29 is 14.0 Å². The lowest BCUT2D eigenvalue weighted by molar-refractivity contribution is 0.105. The molecule has 0 atom stereocenters. The Hall–Kier alpha value is -2.22. The summed E-state index contributed by atoms with van der Waals surface area (Å²) in [6, 6.07) is 12.2. The van der Waals surface area contributed by atoms with Crippen LogP contribution in [0.2, 0.25) is 23.2 Å². The Labute approximate surface area is 167 Å². The Bertz CT molecular complexity index is 902. The molecule has 0 fully saturated rings. The largest absolute Gasteiger partial charge is 0.541 e. The van der Waals surface area contributed by atoms with Gasteiger partial charge in [0.1, 0.15) is 5.75 Å². The summed E-state index contributed by atoms with van der Waals surface area (Å²) in [5.41, 5.74) is 1.16. The molecule has 0 bridgehead atoms. The number of halogens is 1. The van der Waals surface area contributed by atoms with Gasteiger partial charge in [-0.05, 0) is 54.4 Å². The first kappa shape index (κ1) is 21.1. The van der Waals surface area contributed by atoms with Crippen LogP contribution in [-0.2, 0) is 0 Å². The van der Waals surface area contributed by atoms with Crippen LogP contribution in [0.1, 0.15) is 36.7 Å². The van der Waals surface area contributed by atoms with Crippen molar-refractivity contribution in [3.8, 4) is 23.3 Å². The predicted octanol–water partition coefficient (Wildman–Crippen LogP) is 5.97. The number of ether oxygens (including phenoxy) is 1. The first-order valence-corrected chi connectivity index (χ1v) is 12.0. The van der Waals surface area contributed by atoms with Gasteiger partial charge in [0.15, 0.2) is 5.75 Å². The molecule has 0 radical (unpaired) electrons. The Balaban J connectivity index is 2.26. The minimum absolute atomic E-state index is 0.0832. The van der Waals surface area contributed by atoms with E-state index >= 15 is 0 Å². The van der Waals surface area contributed by atoms with Crippen molar-refractivity contribution in [2.24, 2.45) is 0 Å². The molecule has 0 spiro atoms. The number of ketones is 1. The van der Waals surface area contributed by atoms with E-state index in [1.165, 1.54) is 0 Å². The average molecular weight is 401 g/mol. The van der Waals surface area contributed by atoms with Gasteiger partial charge in [-0.25, -0.2) is 0 Å². The maximum absolute atomic E-state index is 12.2. The first-order chi connectivity index (χ1) is 12.5. The summed E-state index contributed by atoms with van der Waals surface area (Å²) in [6.45, 7) is 10.9. The zero-order chi connectivity index (χ0) is 20.2. The topological polar surface area (TPSA) is 35.5 Å². The van der Waals surface area contributed by atoms with Crippen molar-refractivity contribution in [2.75, 3.05) is 7.11 Å². The highest BCUT2D eigenvalue weighted by Gasteiger charge is 2.39. The molecule has 0 aliphatic carbocycles. The zero-order valence-electron chi connectivity index (χ0n) is 16.6. The van der Waals surface area contributed by atoms with E-state index in [1.807, 2.05) is 12.1 Å². The van der Waals surface area contributed by atoms with Crippen molar-refractivity contribution in [1.29, 1.82) is 0 Å². The van der Waals surface area contributed by atoms with Gasteiger partial charge in [-0.15, -0.1) is 0 Å². The maximum atomic E-state index is 12.2. The number of rotatable bonds is 4. The Morgan fingerprint density at radius 3 is 2.37 bits per heavy atom. The van der Waals surface area contributed by atoms with Crippen LogP contribution in [0.15, 0.2) is 42.5 Å². The lowest BCUT2D eigenvalue weighted by atomic mass is 10.1. The summed E-state index contributed by atoms with van der Waals surface area (Å²) < 4.78 is 11.8. The molecule has 142 valence electrons. The minimum Gasteiger partial charge on any atom is -0.541 e. The van der Waals surface area contributed by atoms with Gasteiger partial charge < -0.3 is 9.16 Å². The third-order valence-corrected chi connectivity index (χ3v) is 9.32. The lowest BCUT2D eigenvalue weighted by Gasteiger charge is -2.36. The highest BCUT2D eigenvalue weighted by atomic mass is 35.5. The fourth-order valence-corrected chi connectivity index (χ4v) is 3.30. The van der Waals surface area contributed by atoms with Crippen molar-refractivity contribution in [2.45, 2.75) is 38.9 Å². The molecule has 2 aromatic rings. The molecule has 0 saturated carbocycles. The van der Waals surface area contributed by atoms with Crippen LogP contribution in [0.25, 0.3) is 0 Å². The minimum atomic E-state index is -1.98. The monoisotopic (exact) mass is 400 g/mol. The van der Waals surface area contributed by atoms with Gasteiger partial charge in [-0.1, -0.05) is 50.4 Å². The zero-order valence-corrected chi connectivity index (χ0v) is 18.4. The molecule has 0 saturated heterocycles. The third-order valence-electron chi connectivity index (χ3n) is 4.74. The number of Topliss-reactive ketones (excluding diaryl/α,β-unsaturated/α-hetero) is 1. The van der Waals surface area contributed by atoms with E-state index in [2.05, 4.69) is 45.7 Å². The highest BCUT2D eigenvalue weighted by Crippen LogP contribution is 2.40. The second kappa shape index (κ2) is 8.20. The molecule has 27 heavy (non-hydrogen) atoms. The molecule has 0 heterocycles. The molecule has 2 aromatic carbocycles. The predicted molar refractivity (Wildman–Crippen MR) is 113 cm³/mol. The summed E-state index contributed by atoms with van der Waals surface area (Å²) in [5.74, 6) is 6.58. The smallest absolute Gasteiger partial charge is 0.250 e. The number of carbonyl (C=O) groups is 1. The Kier molecular flexibility index (Phi) is 6.41. The second-order valence-corrected chi connectivity index (χ2v) is 13.0. The van der Waals surface area contributed by atoms with Gasteiger partial charge in [0.2, 0.25) is 5.78 Å². The number of hydrogen-bond donors (Lipinski definition) is 0. The van der Waals surface area contributed by atoms with Crippen LogP contribution in [0.3, 0.4) is 0 Å². The van der Waals surface area contributed by atoms with Crippen LogP contribution in [0.4, 0.5) is 0 Å². The summed E-state index contributed by atoms with van der Waals surface area (Å²) in [7, 11) is -0.380. The van der Waals surface area contributed by atoms with Gasteiger partial charge in [0, 0.05) is 16.1 Å². The standard InChI is InChI=1S/C22H25ClO3Si/c1-22(2,3)27(5,6)26-20-13-11-16(14-21(20)25-4)10-12-19(24)17-8-7-9-18(23)15-17/h7-9,11,13-15H,1-6H3. The van der Waals surface area contributed by atoms with Crippen molar-refractivity contribution in [1.82, 2.24) is 0 Å². The van der Waals surface area contributed by atoms with E-state index in [1.54, 1.807) is 37.4 Å². The SMILES string of the molecule is COc1cc(C#CC(=O)c2cccc(Cl)c2)ccc1O[Si](C)(C)C(C)(C)C. The summed E-state index contributed by atoms with van der Waals surface area (Å²) >= 11 is 5.92. The van der Waals surface area contributed by atoms with Crippen molar-refractivity contribution in [3.05, 3.63) is 58.6 Å². The number of methoxy groups -OCH3 is 1.